The van der Waals surface area contributed by atoms with E-state index in [0.717, 1.165) is 6.42 Å². The number of allylic oxidation sites excluding steroid dienone is 4. The van der Waals surface area contributed by atoms with Crippen LogP contribution in [0.4, 0.5) is 0 Å². The zero-order chi connectivity index (χ0) is 17.0. The van der Waals surface area contributed by atoms with Crippen molar-refractivity contribution in [3.63, 3.8) is 0 Å². The number of pyridine rings is 1. The summed E-state index contributed by atoms with van der Waals surface area (Å²) in [5.74, 6) is 0. The Bertz CT molecular complexity index is 752. The van der Waals surface area contributed by atoms with Gasteiger partial charge >= 0.3 is 0 Å². The molecule has 7 heteroatoms. The van der Waals surface area contributed by atoms with Crippen molar-refractivity contribution >= 4 is 9.84 Å². The summed E-state index contributed by atoms with van der Waals surface area (Å²) in [4.78, 5) is 3.79. The molecule has 2 aliphatic rings. The molecule has 1 aromatic heterocycles. The van der Waals surface area contributed by atoms with Gasteiger partial charge in [-0.3, -0.25) is 4.98 Å². The summed E-state index contributed by atoms with van der Waals surface area (Å²) in [7, 11) is -3.82. The van der Waals surface area contributed by atoms with E-state index in [0.29, 0.717) is 11.1 Å². The monoisotopic (exact) mass is 353 g/mol. The van der Waals surface area contributed by atoms with E-state index in [1.165, 1.54) is 18.5 Å². The SMILES string of the molecule is CC.O.O=S1(=O)c2cnccc2C(O)C1C(O)C1=CC=CCC=C1. The Morgan fingerprint density at radius 3 is 2.67 bits per heavy atom. The molecule has 3 rings (SSSR count). The predicted molar refractivity (Wildman–Crippen MR) is 92.1 cm³/mol. The quantitative estimate of drug-likeness (QED) is 0.830. The lowest BCUT2D eigenvalue weighted by atomic mass is 9.99. The molecule has 0 fully saturated rings. The zero-order valence-corrected chi connectivity index (χ0v) is 14.4. The summed E-state index contributed by atoms with van der Waals surface area (Å²) < 4.78 is 25.1. The first kappa shape index (κ1) is 20.2. The van der Waals surface area contributed by atoms with E-state index in [-0.39, 0.29) is 10.4 Å². The van der Waals surface area contributed by atoms with Gasteiger partial charge in [-0.2, -0.15) is 0 Å². The smallest absolute Gasteiger partial charge is 0.188 e. The van der Waals surface area contributed by atoms with E-state index < -0.39 is 27.3 Å². The van der Waals surface area contributed by atoms with Gasteiger partial charge in [-0.05, 0) is 18.1 Å². The van der Waals surface area contributed by atoms with Gasteiger partial charge in [0, 0.05) is 18.0 Å². The van der Waals surface area contributed by atoms with Crippen LogP contribution in [0.1, 0.15) is 31.9 Å². The molecule has 2 heterocycles. The van der Waals surface area contributed by atoms with Gasteiger partial charge in [-0.15, -0.1) is 0 Å². The maximum Gasteiger partial charge on any atom is 0.188 e. The lowest BCUT2D eigenvalue weighted by molar-refractivity contribution is 0.109. The van der Waals surface area contributed by atoms with E-state index in [9.17, 15) is 18.6 Å². The number of aliphatic hydroxyl groups excluding tert-OH is 2. The molecule has 3 atom stereocenters. The first-order valence-electron chi connectivity index (χ1n) is 7.60. The molecule has 132 valence electrons. The van der Waals surface area contributed by atoms with Gasteiger partial charge in [0.05, 0.1) is 11.0 Å². The molecular formula is C17H23NO5S. The highest BCUT2D eigenvalue weighted by molar-refractivity contribution is 7.92. The fourth-order valence-corrected chi connectivity index (χ4v) is 4.69. The average molecular weight is 353 g/mol. The topological polar surface area (TPSA) is 119 Å². The summed E-state index contributed by atoms with van der Waals surface area (Å²) in [6.45, 7) is 4.00. The third-order valence-corrected chi connectivity index (χ3v) is 5.96. The van der Waals surface area contributed by atoms with Crippen molar-refractivity contribution in [1.29, 1.82) is 0 Å². The van der Waals surface area contributed by atoms with Gasteiger partial charge in [-0.1, -0.05) is 44.2 Å². The van der Waals surface area contributed by atoms with E-state index in [1.54, 1.807) is 18.2 Å². The normalized spacial score (nSPS) is 24.6. The van der Waals surface area contributed by atoms with Crippen LogP contribution in [-0.4, -0.2) is 40.4 Å². The second kappa shape index (κ2) is 8.34. The molecule has 0 bridgehead atoms. The number of aromatic nitrogens is 1. The van der Waals surface area contributed by atoms with Crippen molar-refractivity contribution in [1.82, 2.24) is 4.98 Å². The Labute approximate surface area is 142 Å². The summed E-state index contributed by atoms with van der Waals surface area (Å²) in [5.41, 5.74) is 0.764. The maximum atomic E-state index is 12.5. The highest BCUT2D eigenvalue weighted by Gasteiger charge is 2.48. The van der Waals surface area contributed by atoms with Crippen LogP contribution in [0.25, 0.3) is 0 Å². The predicted octanol–water partition coefficient (Wildman–Crippen LogP) is 1.28. The molecule has 0 saturated carbocycles. The fourth-order valence-electron chi connectivity index (χ4n) is 2.69. The Morgan fingerprint density at radius 2 is 2.00 bits per heavy atom. The van der Waals surface area contributed by atoms with Crippen molar-refractivity contribution in [2.45, 2.75) is 42.6 Å². The molecule has 0 saturated heterocycles. The fraction of sp³-hybridized carbons (Fsp3) is 0.353. The first-order valence-corrected chi connectivity index (χ1v) is 9.15. The van der Waals surface area contributed by atoms with Crippen molar-refractivity contribution in [3.8, 4) is 0 Å². The Hall–Kier alpha value is -1.80. The molecule has 4 N–H and O–H groups in total. The maximum absolute atomic E-state index is 12.5. The number of sulfone groups is 1. The molecule has 0 aromatic carbocycles. The molecule has 0 spiro atoms. The minimum absolute atomic E-state index is 0. The molecule has 1 aromatic rings. The number of hydrogen-bond donors (Lipinski definition) is 2. The summed E-state index contributed by atoms with van der Waals surface area (Å²) in [5, 5.41) is 19.5. The number of fused-ring (bicyclic) bond motifs is 1. The van der Waals surface area contributed by atoms with Gasteiger partial charge in [-0.25, -0.2) is 8.42 Å². The van der Waals surface area contributed by atoms with Crippen LogP contribution in [0.2, 0.25) is 0 Å². The Morgan fingerprint density at radius 1 is 1.29 bits per heavy atom. The molecule has 1 aliphatic heterocycles. The van der Waals surface area contributed by atoms with Crippen molar-refractivity contribution in [2.24, 2.45) is 0 Å². The van der Waals surface area contributed by atoms with Gasteiger partial charge < -0.3 is 15.7 Å². The molecule has 1 aliphatic carbocycles. The molecule has 0 radical (unpaired) electrons. The lowest BCUT2D eigenvalue weighted by Crippen LogP contribution is -2.35. The second-order valence-corrected chi connectivity index (χ2v) is 7.12. The molecular weight excluding hydrogens is 330 g/mol. The summed E-state index contributed by atoms with van der Waals surface area (Å²) >= 11 is 0. The molecule has 24 heavy (non-hydrogen) atoms. The largest absolute Gasteiger partial charge is 0.412 e. The highest BCUT2D eigenvalue weighted by atomic mass is 32.2. The standard InChI is InChI=1S/C15H15NO4S.C2H6.H2O/c17-13(10-5-3-1-2-4-6-10)15-14(18)11-7-8-16-9-12(11)21(15,19)20;1-2;/h1,3-9,13-15,17-18H,2H2;1-2H3;1H2. The number of aliphatic hydroxyl groups is 2. The second-order valence-electron chi connectivity index (χ2n) is 5.05. The molecule has 3 unspecified atom stereocenters. The van der Waals surface area contributed by atoms with E-state index in [2.05, 4.69) is 4.98 Å². The van der Waals surface area contributed by atoms with Gasteiger partial charge in [0.2, 0.25) is 0 Å². The van der Waals surface area contributed by atoms with E-state index in [1.807, 2.05) is 26.0 Å². The van der Waals surface area contributed by atoms with Crippen LogP contribution < -0.4 is 0 Å². The Balaban J connectivity index is 0.000000925. The molecule has 6 nitrogen and oxygen atoms in total. The molecule has 0 amide bonds. The first-order chi connectivity index (χ1) is 11.0. The van der Waals surface area contributed by atoms with Crippen LogP contribution in [0.15, 0.2) is 59.3 Å². The minimum atomic E-state index is -3.82. The summed E-state index contributed by atoms with van der Waals surface area (Å²) in [6.07, 6.45) is 9.66. The minimum Gasteiger partial charge on any atom is -0.412 e. The third kappa shape index (κ3) is 3.49. The van der Waals surface area contributed by atoms with Gasteiger partial charge in [0.15, 0.2) is 9.84 Å². The van der Waals surface area contributed by atoms with Gasteiger partial charge in [0.1, 0.15) is 11.4 Å². The highest BCUT2D eigenvalue weighted by Crippen LogP contribution is 2.41. The lowest BCUT2D eigenvalue weighted by Gasteiger charge is -2.21. The Kier molecular flexibility index (Phi) is 7.04. The average Bonchev–Trinajstić information content (AvgIpc) is 2.77. The van der Waals surface area contributed by atoms with Crippen LogP contribution in [0, 0.1) is 0 Å². The number of nitrogens with zero attached hydrogens (tertiary/aromatic N) is 1. The number of hydrogen-bond acceptors (Lipinski definition) is 5. The zero-order valence-electron chi connectivity index (χ0n) is 13.6. The van der Waals surface area contributed by atoms with Crippen LogP contribution in [0.3, 0.4) is 0 Å². The number of rotatable bonds is 2. The van der Waals surface area contributed by atoms with E-state index >= 15 is 0 Å². The van der Waals surface area contributed by atoms with Crippen molar-refractivity contribution in [2.75, 3.05) is 0 Å². The van der Waals surface area contributed by atoms with Crippen molar-refractivity contribution in [3.05, 3.63) is 60.0 Å². The third-order valence-electron chi connectivity index (χ3n) is 3.77. The van der Waals surface area contributed by atoms with Crippen molar-refractivity contribution < 1.29 is 24.1 Å². The van der Waals surface area contributed by atoms with E-state index in [4.69, 9.17) is 0 Å². The van der Waals surface area contributed by atoms with Crippen LogP contribution in [-0.2, 0) is 9.84 Å². The summed E-state index contributed by atoms with van der Waals surface area (Å²) in [6, 6.07) is 1.47. The van der Waals surface area contributed by atoms with Gasteiger partial charge in [0.25, 0.3) is 0 Å². The van der Waals surface area contributed by atoms with Crippen LogP contribution >= 0.6 is 0 Å². The van der Waals surface area contributed by atoms with Crippen LogP contribution in [0.5, 0.6) is 0 Å².